The number of thiocarbonyl (C=S) groups is 1. The fourth-order valence-electron chi connectivity index (χ4n) is 2.72. The zero-order valence-electron chi connectivity index (χ0n) is 16.6. The van der Waals surface area contributed by atoms with Crippen LogP contribution in [0.2, 0.25) is 0 Å². The maximum Gasteiger partial charge on any atom is 0.338 e. The average molecular weight is 400 g/mol. The molecule has 2 N–H and O–H groups in total. The molecule has 0 spiro atoms. The molecular weight excluding hydrogens is 370 g/mol. The second-order valence-electron chi connectivity index (χ2n) is 6.36. The number of hydrogen-bond acceptors (Lipinski definition) is 4. The molecule has 0 aliphatic carbocycles. The third-order valence-electron chi connectivity index (χ3n) is 4.46. The summed E-state index contributed by atoms with van der Waals surface area (Å²) in [4.78, 5) is 14.3. The monoisotopic (exact) mass is 399 g/mol. The summed E-state index contributed by atoms with van der Waals surface area (Å²) in [5.74, 6) is -0.303. The van der Waals surface area contributed by atoms with E-state index in [0.717, 1.165) is 38.3 Å². The summed E-state index contributed by atoms with van der Waals surface area (Å²) < 4.78 is 5.34. The minimum absolute atomic E-state index is 0.303. The Morgan fingerprint density at radius 2 is 1.71 bits per heavy atom. The Labute approximate surface area is 173 Å². The van der Waals surface area contributed by atoms with Gasteiger partial charge in [0.2, 0.25) is 0 Å². The van der Waals surface area contributed by atoms with Crippen LogP contribution in [0.1, 0.15) is 29.8 Å². The smallest absolute Gasteiger partial charge is 0.338 e. The van der Waals surface area contributed by atoms with Gasteiger partial charge in [-0.15, -0.1) is 0 Å². The van der Waals surface area contributed by atoms with Crippen LogP contribution in [-0.4, -0.2) is 48.8 Å². The number of carbonyl (C=O) groups excluding carboxylic acids is 1. The van der Waals surface area contributed by atoms with Crippen LogP contribution < -0.4 is 10.6 Å². The van der Waals surface area contributed by atoms with Crippen LogP contribution in [0.3, 0.4) is 0 Å². The number of anilines is 1. The predicted molar refractivity (Wildman–Crippen MR) is 119 cm³/mol. The van der Waals surface area contributed by atoms with E-state index in [0.29, 0.717) is 17.3 Å². The van der Waals surface area contributed by atoms with Gasteiger partial charge in [0.15, 0.2) is 5.11 Å². The minimum Gasteiger partial charge on any atom is -0.461 e. The molecule has 0 fully saturated rings. The van der Waals surface area contributed by atoms with Gasteiger partial charge >= 0.3 is 5.97 Å². The number of rotatable bonds is 10. The highest BCUT2D eigenvalue weighted by Crippen LogP contribution is 2.10. The summed E-state index contributed by atoms with van der Waals surface area (Å²) in [5, 5.41) is 6.88. The molecule has 0 aliphatic rings. The molecule has 0 radical (unpaired) electrons. The number of likely N-dealkylation sites (N-methyl/N-ethyl adjacent to an activating group) is 1. The Morgan fingerprint density at radius 1 is 1.04 bits per heavy atom. The lowest BCUT2D eigenvalue weighted by atomic mass is 10.1. The predicted octanol–water partition coefficient (Wildman–Crippen LogP) is 3.71. The number of nitrogens with zero attached hydrogens (tertiary/aromatic N) is 1. The van der Waals surface area contributed by atoms with Gasteiger partial charge in [-0.2, -0.15) is 0 Å². The van der Waals surface area contributed by atoms with Crippen LogP contribution >= 0.6 is 12.2 Å². The van der Waals surface area contributed by atoms with E-state index in [9.17, 15) is 4.79 Å². The number of nitrogens with one attached hydrogen (secondary N) is 2. The van der Waals surface area contributed by atoms with E-state index in [2.05, 4.69) is 41.5 Å². The van der Waals surface area contributed by atoms with Gasteiger partial charge in [-0.05, 0) is 61.6 Å². The number of esters is 1. The third kappa shape index (κ3) is 7.66. The number of carbonyl (C=O) groups is 1. The van der Waals surface area contributed by atoms with Crippen LogP contribution in [0.4, 0.5) is 5.69 Å². The average Bonchev–Trinajstić information content (AvgIpc) is 2.72. The maximum absolute atomic E-state index is 12.1. The number of benzene rings is 2. The summed E-state index contributed by atoms with van der Waals surface area (Å²) in [6.07, 6.45) is 0.904. The number of ether oxygens (including phenoxy) is 1. The van der Waals surface area contributed by atoms with Gasteiger partial charge in [0.25, 0.3) is 0 Å². The molecule has 0 saturated heterocycles. The molecule has 150 valence electrons. The first-order chi connectivity index (χ1) is 13.6. The minimum atomic E-state index is -0.303. The quantitative estimate of drug-likeness (QED) is 0.469. The molecule has 2 aromatic rings. The van der Waals surface area contributed by atoms with Crippen LogP contribution in [0.5, 0.6) is 0 Å². The molecule has 6 heteroatoms. The zero-order chi connectivity index (χ0) is 20.2. The summed E-state index contributed by atoms with van der Waals surface area (Å²) >= 11 is 5.32. The Balaban J connectivity index is 1.72. The lowest BCUT2D eigenvalue weighted by molar-refractivity contribution is 0.0466. The normalized spacial score (nSPS) is 10.5. The topological polar surface area (TPSA) is 53.6 Å². The van der Waals surface area contributed by atoms with Crippen molar-refractivity contribution in [3.05, 3.63) is 65.7 Å². The van der Waals surface area contributed by atoms with Crippen molar-refractivity contribution < 1.29 is 9.53 Å². The van der Waals surface area contributed by atoms with Crippen molar-refractivity contribution in [2.45, 2.75) is 20.3 Å². The largest absolute Gasteiger partial charge is 0.461 e. The molecule has 0 saturated carbocycles. The molecule has 0 atom stereocenters. The van der Waals surface area contributed by atoms with Gasteiger partial charge in [0.05, 0.1) is 5.56 Å². The number of hydrogen-bond donors (Lipinski definition) is 2. The summed E-state index contributed by atoms with van der Waals surface area (Å²) in [5.41, 5.74) is 2.63. The van der Waals surface area contributed by atoms with Crippen molar-refractivity contribution in [1.29, 1.82) is 0 Å². The summed E-state index contributed by atoms with van der Waals surface area (Å²) in [6, 6.07) is 17.4. The highest BCUT2D eigenvalue weighted by Gasteiger charge is 2.08. The van der Waals surface area contributed by atoms with Gasteiger partial charge < -0.3 is 20.3 Å². The van der Waals surface area contributed by atoms with Gasteiger partial charge in [-0.3, -0.25) is 0 Å². The van der Waals surface area contributed by atoms with Gasteiger partial charge in [-0.25, -0.2) is 4.79 Å². The van der Waals surface area contributed by atoms with E-state index in [1.807, 2.05) is 30.3 Å². The van der Waals surface area contributed by atoms with E-state index in [1.165, 1.54) is 5.56 Å². The fraction of sp³-hybridized carbons (Fsp3) is 0.364. The first kappa shape index (κ1) is 21.9. The molecule has 2 rings (SSSR count). The fourth-order valence-corrected chi connectivity index (χ4v) is 2.94. The van der Waals surface area contributed by atoms with E-state index in [4.69, 9.17) is 17.0 Å². The van der Waals surface area contributed by atoms with Crippen LogP contribution in [0, 0.1) is 0 Å². The van der Waals surface area contributed by atoms with Crippen LogP contribution in [0.15, 0.2) is 54.6 Å². The molecular formula is C22H29N3O2S. The summed E-state index contributed by atoms with van der Waals surface area (Å²) in [6.45, 7) is 8.00. The maximum atomic E-state index is 12.1. The van der Waals surface area contributed by atoms with Crippen LogP contribution in [0.25, 0.3) is 0 Å². The third-order valence-corrected chi connectivity index (χ3v) is 4.70. The SMILES string of the molecule is CCN(CC)CCOC(=O)c1ccc(NC(=S)NCCc2ccccc2)cc1. The first-order valence-corrected chi connectivity index (χ1v) is 10.1. The Hall–Kier alpha value is -2.44. The first-order valence-electron chi connectivity index (χ1n) is 9.70. The van der Waals surface area contributed by atoms with Crippen molar-refractivity contribution in [3.63, 3.8) is 0 Å². The Bertz CT molecular complexity index is 731. The molecule has 0 amide bonds. The Kier molecular flexibility index (Phi) is 9.45. The molecule has 28 heavy (non-hydrogen) atoms. The van der Waals surface area contributed by atoms with Crippen LogP contribution in [-0.2, 0) is 11.2 Å². The van der Waals surface area contributed by atoms with Gasteiger partial charge in [0.1, 0.15) is 6.61 Å². The molecule has 5 nitrogen and oxygen atoms in total. The molecule has 0 bridgehead atoms. The molecule has 0 aromatic heterocycles. The highest BCUT2D eigenvalue weighted by molar-refractivity contribution is 7.80. The van der Waals surface area contributed by atoms with Crippen molar-refractivity contribution in [2.75, 3.05) is 38.1 Å². The molecule has 0 aliphatic heterocycles. The van der Waals surface area contributed by atoms with E-state index in [1.54, 1.807) is 12.1 Å². The highest BCUT2D eigenvalue weighted by atomic mass is 32.1. The second-order valence-corrected chi connectivity index (χ2v) is 6.76. The molecule has 0 heterocycles. The lowest BCUT2D eigenvalue weighted by Gasteiger charge is -2.17. The zero-order valence-corrected chi connectivity index (χ0v) is 17.4. The second kappa shape index (κ2) is 12.1. The van der Waals surface area contributed by atoms with Crippen molar-refractivity contribution in [3.8, 4) is 0 Å². The standard InChI is InChI=1S/C22H29N3O2S/c1-3-25(4-2)16-17-27-21(26)19-10-12-20(13-11-19)24-22(28)23-15-14-18-8-6-5-7-9-18/h5-13H,3-4,14-17H2,1-2H3,(H2,23,24,28). The van der Waals surface area contributed by atoms with Crippen molar-refractivity contribution in [1.82, 2.24) is 10.2 Å². The van der Waals surface area contributed by atoms with Gasteiger partial charge in [0, 0.05) is 18.8 Å². The van der Waals surface area contributed by atoms with Crippen molar-refractivity contribution in [2.24, 2.45) is 0 Å². The lowest BCUT2D eigenvalue weighted by Crippen LogP contribution is -2.30. The molecule has 2 aromatic carbocycles. The van der Waals surface area contributed by atoms with Gasteiger partial charge in [-0.1, -0.05) is 44.2 Å². The molecule has 0 unspecified atom stereocenters. The van der Waals surface area contributed by atoms with E-state index in [-0.39, 0.29) is 5.97 Å². The Morgan fingerprint density at radius 3 is 2.36 bits per heavy atom. The van der Waals surface area contributed by atoms with Crippen molar-refractivity contribution >= 4 is 29.0 Å². The van der Waals surface area contributed by atoms with E-state index >= 15 is 0 Å². The summed E-state index contributed by atoms with van der Waals surface area (Å²) in [7, 11) is 0. The van der Waals surface area contributed by atoms with E-state index < -0.39 is 0 Å².